The first-order valence-electron chi connectivity index (χ1n) is 7.21. The molecule has 0 fully saturated rings. The van der Waals surface area contributed by atoms with E-state index >= 15 is 0 Å². The average Bonchev–Trinajstić information content (AvgIpc) is 2.22. The highest BCUT2D eigenvalue weighted by Gasteiger charge is 2.14. The molecule has 0 spiro atoms. The number of nitrogens with zero attached hydrogens (tertiary/aromatic N) is 2. The van der Waals surface area contributed by atoms with Gasteiger partial charge in [-0.25, -0.2) is 0 Å². The molecule has 0 aliphatic heterocycles. The third kappa shape index (κ3) is 16.5. The first-order chi connectivity index (χ1) is 8.33. The van der Waals surface area contributed by atoms with Crippen molar-refractivity contribution in [2.24, 2.45) is 0 Å². The van der Waals surface area contributed by atoms with Gasteiger partial charge in [-0.05, 0) is 12.8 Å². The fraction of sp³-hybridized carbons (Fsp3) is 1.00. The van der Waals surface area contributed by atoms with Crippen molar-refractivity contribution in [1.29, 1.82) is 0 Å². The average molecular weight is 548 g/mol. The lowest BCUT2D eigenvalue weighted by Gasteiger charge is -2.30. The smallest absolute Gasteiger partial charge is 0.0882 e. The number of rotatable bonds is 11. The van der Waals surface area contributed by atoms with Crippen LogP contribution in [0.15, 0.2) is 0 Å². The van der Waals surface area contributed by atoms with E-state index in [2.05, 4.69) is 63.6 Å². The maximum atomic E-state index is 2.34. The molecule has 0 aromatic heterocycles. The van der Waals surface area contributed by atoms with Crippen molar-refractivity contribution in [3.05, 3.63) is 0 Å². The molecule has 0 unspecified atom stereocenters. The SMILES string of the molecule is CCC[N+](C)(C)CCSSCC[N+](C)(C)CCC.[I-].[I-]. The molecular formula is C14H34I2N2S2. The second kappa shape index (κ2) is 14.7. The zero-order valence-corrected chi connectivity index (χ0v) is 20.1. The first kappa shape index (κ1) is 27.0. The van der Waals surface area contributed by atoms with Gasteiger partial charge in [0.05, 0.1) is 65.9 Å². The molecule has 0 N–H and O–H groups in total. The normalized spacial score (nSPS) is 11.7. The standard InChI is InChI=1S/C14H34N2S2.2HI/c1-7-9-15(3,4)11-13-17-18-14-12-16(5,6)10-8-2;;/h7-14H2,1-6H3;2*1H/q+2;;/p-2. The highest BCUT2D eigenvalue weighted by atomic mass is 127. The fourth-order valence-corrected chi connectivity index (χ4v) is 4.65. The molecule has 0 aliphatic carbocycles. The summed E-state index contributed by atoms with van der Waals surface area (Å²) < 4.78 is 2.34. The van der Waals surface area contributed by atoms with Crippen molar-refractivity contribution in [2.75, 3.05) is 65.9 Å². The lowest BCUT2D eigenvalue weighted by atomic mass is 10.4. The molecule has 0 heterocycles. The Morgan fingerprint density at radius 1 is 0.600 bits per heavy atom. The summed E-state index contributed by atoms with van der Waals surface area (Å²) in [5, 5.41) is 0. The molecule has 0 amide bonds. The van der Waals surface area contributed by atoms with Crippen LogP contribution in [0.3, 0.4) is 0 Å². The number of hydrogen-bond donors (Lipinski definition) is 0. The van der Waals surface area contributed by atoms with Crippen LogP contribution in [0.5, 0.6) is 0 Å². The molecule has 0 saturated heterocycles. The van der Waals surface area contributed by atoms with Gasteiger partial charge in [-0.3, -0.25) is 0 Å². The van der Waals surface area contributed by atoms with Gasteiger partial charge in [0.1, 0.15) is 0 Å². The Labute approximate surface area is 169 Å². The maximum Gasteiger partial charge on any atom is 0.0882 e. The molecule has 20 heavy (non-hydrogen) atoms. The minimum Gasteiger partial charge on any atom is -1.00 e. The van der Waals surface area contributed by atoms with Gasteiger partial charge in [0.25, 0.3) is 0 Å². The van der Waals surface area contributed by atoms with Crippen molar-refractivity contribution in [2.45, 2.75) is 26.7 Å². The minimum absolute atomic E-state index is 0. The van der Waals surface area contributed by atoms with E-state index in [0.717, 1.165) is 0 Å². The molecule has 0 aliphatic rings. The predicted octanol–water partition coefficient (Wildman–Crippen LogP) is -2.65. The van der Waals surface area contributed by atoms with E-state index < -0.39 is 0 Å². The molecule has 2 nitrogen and oxygen atoms in total. The Morgan fingerprint density at radius 3 is 1.15 bits per heavy atom. The van der Waals surface area contributed by atoms with Crippen LogP contribution in [0.2, 0.25) is 0 Å². The van der Waals surface area contributed by atoms with Gasteiger partial charge in [0, 0.05) is 0 Å². The van der Waals surface area contributed by atoms with Gasteiger partial charge in [0.2, 0.25) is 0 Å². The fourth-order valence-electron chi connectivity index (χ4n) is 2.12. The van der Waals surface area contributed by atoms with E-state index in [4.69, 9.17) is 0 Å². The van der Waals surface area contributed by atoms with Gasteiger partial charge in [0.15, 0.2) is 0 Å². The summed E-state index contributed by atoms with van der Waals surface area (Å²) >= 11 is 0. The Bertz CT molecular complexity index is 193. The molecule has 0 aromatic carbocycles. The second-order valence-electron chi connectivity index (χ2n) is 6.41. The lowest BCUT2D eigenvalue weighted by Crippen LogP contribution is -3.00. The molecular weight excluding hydrogens is 514 g/mol. The maximum absolute atomic E-state index is 2.34. The lowest BCUT2D eigenvalue weighted by molar-refractivity contribution is -0.887. The van der Waals surface area contributed by atoms with E-state index in [1.807, 2.05) is 0 Å². The van der Waals surface area contributed by atoms with Gasteiger partial charge in [-0.2, -0.15) is 0 Å². The topological polar surface area (TPSA) is 0 Å². The van der Waals surface area contributed by atoms with Crippen LogP contribution in [0.25, 0.3) is 0 Å². The van der Waals surface area contributed by atoms with Gasteiger partial charge in [-0.15, -0.1) is 0 Å². The molecule has 0 saturated carbocycles. The summed E-state index contributed by atoms with van der Waals surface area (Å²) in [5.74, 6) is 2.55. The van der Waals surface area contributed by atoms with E-state index in [9.17, 15) is 0 Å². The summed E-state index contributed by atoms with van der Waals surface area (Å²) in [5.41, 5.74) is 0. The van der Waals surface area contributed by atoms with E-state index in [1.54, 1.807) is 0 Å². The van der Waals surface area contributed by atoms with Crippen molar-refractivity contribution < 1.29 is 56.9 Å². The molecule has 6 heteroatoms. The van der Waals surface area contributed by atoms with E-state index in [0.29, 0.717) is 0 Å². The number of halogens is 2. The summed E-state index contributed by atoms with van der Waals surface area (Å²) in [6, 6.07) is 0. The predicted molar refractivity (Wildman–Crippen MR) is 89.2 cm³/mol. The zero-order valence-electron chi connectivity index (χ0n) is 14.1. The monoisotopic (exact) mass is 548 g/mol. The zero-order chi connectivity index (χ0) is 14.1. The largest absolute Gasteiger partial charge is 1.00 e. The summed E-state index contributed by atoms with van der Waals surface area (Å²) in [6.07, 6.45) is 2.57. The molecule has 0 bridgehead atoms. The molecule has 0 atom stereocenters. The Morgan fingerprint density at radius 2 is 0.900 bits per heavy atom. The van der Waals surface area contributed by atoms with E-state index in [-0.39, 0.29) is 48.0 Å². The molecule has 126 valence electrons. The third-order valence-corrected chi connectivity index (χ3v) is 5.67. The first-order valence-corrected chi connectivity index (χ1v) is 9.70. The van der Waals surface area contributed by atoms with Crippen LogP contribution in [-0.4, -0.2) is 74.8 Å². The van der Waals surface area contributed by atoms with Gasteiger partial charge >= 0.3 is 0 Å². The summed E-state index contributed by atoms with van der Waals surface area (Å²) in [4.78, 5) is 0. The summed E-state index contributed by atoms with van der Waals surface area (Å²) in [7, 11) is 13.5. The van der Waals surface area contributed by atoms with E-state index in [1.165, 1.54) is 59.5 Å². The third-order valence-electron chi connectivity index (χ3n) is 3.30. The van der Waals surface area contributed by atoms with Gasteiger partial charge < -0.3 is 56.9 Å². The highest BCUT2D eigenvalue weighted by Crippen LogP contribution is 2.22. The number of quaternary nitrogens is 2. The van der Waals surface area contributed by atoms with Crippen LogP contribution >= 0.6 is 21.6 Å². The van der Waals surface area contributed by atoms with Crippen LogP contribution in [0, 0.1) is 0 Å². The Balaban J connectivity index is -0.00000144. The Hall–Kier alpha value is 2.08. The Kier molecular flexibility index (Phi) is 19.8. The molecule has 0 aromatic rings. The molecule has 0 rings (SSSR count). The van der Waals surface area contributed by atoms with Crippen LogP contribution in [0.1, 0.15) is 26.7 Å². The minimum atomic E-state index is 0. The van der Waals surface area contributed by atoms with Crippen molar-refractivity contribution in [3.63, 3.8) is 0 Å². The van der Waals surface area contributed by atoms with Crippen molar-refractivity contribution in [3.8, 4) is 0 Å². The quantitative estimate of drug-likeness (QED) is 0.120. The molecule has 0 radical (unpaired) electrons. The van der Waals surface area contributed by atoms with Crippen LogP contribution < -0.4 is 48.0 Å². The van der Waals surface area contributed by atoms with Crippen LogP contribution in [-0.2, 0) is 0 Å². The number of hydrogen-bond acceptors (Lipinski definition) is 2. The van der Waals surface area contributed by atoms with Gasteiger partial charge in [-0.1, -0.05) is 35.4 Å². The van der Waals surface area contributed by atoms with Crippen molar-refractivity contribution >= 4 is 21.6 Å². The summed E-state index contributed by atoms with van der Waals surface area (Å²) in [6.45, 7) is 9.72. The van der Waals surface area contributed by atoms with Crippen LogP contribution in [0.4, 0.5) is 0 Å². The highest BCUT2D eigenvalue weighted by molar-refractivity contribution is 8.76. The van der Waals surface area contributed by atoms with Crippen molar-refractivity contribution in [1.82, 2.24) is 0 Å². The second-order valence-corrected chi connectivity index (χ2v) is 9.11.